The number of hydrogen-bond acceptors (Lipinski definition) is 5. The highest BCUT2D eigenvalue weighted by Gasteiger charge is 2.56. The van der Waals surface area contributed by atoms with E-state index >= 15 is 0 Å². The van der Waals surface area contributed by atoms with Crippen LogP contribution in [-0.2, 0) is 9.53 Å². The third-order valence-electron chi connectivity index (χ3n) is 3.61. The van der Waals surface area contributed by atoms with Gasteiger partial charge in [-0.2, -0.15) is 5.26 Å². The van der Waals surface area contributed by atoms with E-state index in [4.69, 9.17) is 4.74 Å². The molecule has 5 nitrogen and oxygen atoms in total. The summed E-state index contributed by atoms with van der Waals surface area (Å²) >= 11 is 0. The predicted molar refractivity (Wildman–Crippen MR) is 60.1 cm³/mol. The number of aliphatic imine (C=N–C) groups is 1. The van der Waals surface area contributed by atoms with E-state index in [0.717, 1.165) is 12.8 Å². The lowest BCUT2D eigenvalue weighted by molar-refractivity contribution is -0.154. The average molecular weight is 236 g/mol. The number of carbonyl (C=O) groups excluding carboxylic acids is 1. The zero-order valence-electron chi connectivity index (χ0n) is 9.85. The molecule has 1 saturated carbocycles. The highest BCUT2D eigenvalue weighted by molar-refractivity contribution is 5.99. The Morgan fingerprint density at radius 3 is 3.12 bits per heavy atom. The fourth-order valence-corrected chi connectivity index (χ4v) is 2.81. The molecule has 3 atom stereocenters. The van der Waals surface area contributed by atoms with Crippen molar-refractivity contribution in [3.63, 3.8) is 0 Å². The molecular formula is C12H16N2O3. The van der Waals surface area contributed by atoms with Crippen molar-refractivity contribution in [3.05, 3.63) is 0 Å². The van der Waals surface area contributed by atoms with Crippen LogP contribution >= 0.6 is 0 Å². The van der Waals surface area contributed by atoms with E-state index in [9.17, 15) is 15.2 Å². The zero-order valence-corrected chi connectivity index (χ0v) is 9.85. The van der Waals surface area contributed by atoms with Gasteiger partial charge in [-0.05, 0) is 26.2 Å². The first-order chi connectivity index (χ1) is 8.15. The van der Waals surface area contributed by atoms with Crippen LogP contribution in [0.5, 0.6) is 0 Å². The van der Waals surface area contributed by atoms with Crippen LogP contribution in [0.2, 0.25) is 0 Å². The molecule has 1 heterocycles. The third kappa shape index (κ3) is 1.73. The molecule has 17 heavy (non-hydrogen) atoms. The average Bonchev–Trinajstić information content (AvgIpc) is 2.61. The predicted octanol–water partition coefficient (Wildman–Crippen LogP) is 1.02. The molecule has 0 saturated heterocycles. The fourth-order valence-electron chi connectivity index (χ4n) is 2.81. The maximum atomic E-state index is 11.9. The second kappa shape index (κ2) is 4.46. The van der Waals surface area contributed by atoms with E-state index in [2.05, 4.69) is 11.1 Å². The molecule has 2 aliphatic rings. The summed E-state index contributed by atoms with van der Waals surface area (Å²) in [5.41, 5.74) is -0.249. The van der Waals surface area contributed by atoms with Crippen molar-refractivity contribution in [2.75, 3.05) is 6.61 Å². The van der Waals surface area contributed by atoms with Gasteiger partial charge in [0.2, 0.25) is 0 Å². The lowest BCUT2D eigenvalue weighted by Crippen LogP contribution is -2.43. The van der Waals surface area contributed by atoms with Gasteiger partial charge in [-0.3, -0.25) is 9.79 Å². The molecule has 1 N–H and O–H groups in total. The minimum atomic E-state index is -1.12. The summed E-state index contributed by atoms with van der Waals surface area (Å²) in [7, 11) is 0. The normalized spacial score (nSPS) is 35.7. The van der Waals surface area contributed by atoms with Crippen molar-refractivity contribution in [1.29, 1.82) is 5.26 Å². The number of nitriles is 1. The van der Waals surface area contributed by atoms with Crippen molar-refractivity contribution in [2.45, 2.75) is 38.8 Å². The molecule has 0 aromatic carbocycles. The summed E-state index contributed by atoms with van der Waals surface area (Å²) in [5, 5.41) is 19.3. The van der Waals surface area contributed by atoms with Gasteiger partial charge in [-0.25, -0.2) is 0 Å². The number of ether oxygens (including phenoxy) is 1. The number of rotatable bonds is 2. The molecule has 1 aliphatic heterocycles. The summed E-state index contributed by atoms with van der Waals surface area (Å²) in [5.74, 6) is -1.36. The van der Waals surface area contributed by atoms with E-state index in [0.29, 0.717) is 18.6 Å². The van der Waals surface area contributed by atoms with Crippen molar-refractivity contribution in [1.82, 2.24) is 0 Å². The van der Waals surface area contributed by atoms with Crippen LogP contribution in [0.25, 0.3) is 0 Å². The number of hydrogen-bond donors (Lipinski definition) is 1. The number of fused-ring (bicyclic) bond motifs is 1. The first kappa shape index (κ1) is 12.1. The minimum absolute atomic E-state index is 0.249. The smallest absolute Gasteiger partial charge is 0.315 e. The fraction of sp³-hybridized carbons (Fsp3) is 0.750. The molecular weight excluding hydrogens is 220 g/mol. The zero-order chi connectivity index (χ0) is 12.5. The number of nitrogens with zero attached hydrogens (tertiary/aromatic N) is 2. The van der Waals surface area contributed by atoms with Crippen LogP contribution in [0.15, 0.2) is 4.99 Å². The molecule has 0 aromatic heterocycles. The Kier molecular flexibility index (Phi) is 3.16. The van der Waals surface area contributed by atoms with Crippen LogP contribution in [0, 0.1) is 22.7 Å². The van der Waals surface area contributed by atoms with Crippen molar-refractivity contribution >= 4 is 11.7 Å². The molecule has 0 aromatic rings. The Bertz CT molecular complexity index is 399. The SMILES string of the molecule is CCOC(=O)[C@@H]1[C@H](O)N=C2CCCCC21C#N. The van der Waals surface area contributed by atoms with E-state index < -0.39 is 23.5 Å². The maximum Gasteiger partial charge on any atom is 0.315 e. The summed E-state index contributed by atoms with van der Waals surface area (Å²) in [6, 6.07) is 2.21. The highest BCUT2D eigenvalue weighted by atomic mass is 16.5. The summed E-state index contributed by atoms with van der Waals surface area (Å²) in [4.78, 5) is 16.0. The van der Waals surface area contributed by atoms with Crippen LogP contribution in [0.3, 0.4) is 0 Å². The Morgan fingerprint density at radius 1 is 1.71 bits per heavy atom. The van der Waals surface area contributed by atoms with Crippen molar-refractivity contribution in [2.24, 2.45) is 16.3 Å². The largest absolute Gasteiger partial charge is 0.466 e. The van der Waals surface area contributed by atoms with Gasteiger partial charge in [-0.15, -0.1) is 0 Å². The lowest BCUT2D eigenvalue weighted by Gasteiger charge is -2.32. The number of esters is 1. The Morgan fingerprint density at radius 2 is 2.47 bits per heavy atom. The first-order valence-corrected chi connectivity index (χ1v) is 5.99. The first-order valence-electron chi connectivity index (χ1n) is 5.99. The van der Waals surface area contributed by atoms with E-state index in [1.165, 1.54) is 0 Å². The van der Waals surface area contributed by atoms with E-state index in [-0.39, 0.29) is 6.61 Å². The second-order valence-corrected chi connectivity index (χ2v) is 4.51. The Labute approximate surface area is 100 Å². The lowest BCUT2D eigenvalue weighted by atomic mass is 9.67. The quantitative estimate of drug-likeness (QED) is 0.726. The monoisotopic (exact) mass is 236 g/mol. The van der Waals surface area contributed by atoms with Gasteiger partial charge in [0, 0.05) is 5.71 Å². The van der Waals surface area contributed by atoms with Crippen molar-refractivity contribution < 1.29 is 14.6 Å². The highest BCUT2D eigenvalue weighted by Crippen LogP contribution is 2.47. The number of aliphatic hydroxyl groups excluding tert-OH is 1. The van der Waals surface area contributed by atoms with Crippen LogP contribution in [-0.4, -0.2) is 29.6 Å². The van der Waals surface area contributed by atoms with Crippen LogP contribution in [0.4, 0.5) is 0 Å². The molecule has 1 aliphatic carbocycles. The molecule has 0 bridgehead atoms. The molecule has 0 radical (unpaired) electrons. The topological polar surface area (TPSA) is 82.7 Å². The summed E-state index contributed by atoms with van der Waals surface area (Å²) in [6.45, 7) is 1.96. The van der Waals surface area contributed by atoms with E-state index in [1.807, 2.05) is 0 Å². The van der Waals surface area contributed by atoms with Gasteiger partial charge in [-0.1, -0.05) is 6.42 Å². The second-order valence-electron chi connectivity index (χ2n) is 4.51. The molecule has 1 fully saturated rings. The van der Waals surface area contributed by atoms with Gasteiger partial charge in [0.05, 0.1) is 12.7 Å². The summed E-state index contributed by atoms with van der Waals surface area (Å²) < 4.78 is 4.95. The van der Waals surface area contributed by atoms with Gasteiger partial charge in [0.1, 0.15) is 11.3 Å². The van der Waals surface area contributed by atoms with Gasteiger partial charge < -0.3 is 9.84 Å². The molecule has 1 unspecified atom stereocenters. The maximum absolute atomic E-state index is 11.9. The van der Waals surface area contributed by atoms with Crippen molar-refractivity contribution in [3.8, 4) is 6.07 Å². The van der Waals surface area contributed by atoms with Crippen LogP contribution in [0.1, 0.15) is 32.6 Å². The molecule has 0 amide bonds. The third-order valence-corrected chi connectivity index (χ3v) is 3.61. The Balaban J connectivity index is 2.33. The Hall–Kier alpha value is -1.41. The standard InChI is InChI=1S/C12H16N2O3/c1-2-17-11(16)9-10(15)14-8-5-3-4-6-12(8,9)7-13/h9-10,15H,2-6H2,1H3/t9-,10-,12?/m0/s1. The molecule has 0 spiro atoms. The number of carbonyl (C=O) groups is 1. The van der Waals surface area contributed by atoms with Gasteiger partial charge >= 0.3 is 5.97 Å². The minimum Gasteiger partial charge on any atom is -0.466 e. The molecule has 5 heteroatoms. The summed E-state index contributed by atoms with van der Waals surface area (Å²) in [6.07, 6.45) is 2.00. The van der Waals surface area contributed by atoms with Gasteiger partial charge in [0.15, 0.2) is 6.23 Å². The van der Waals surface area contributed by atoms with E-state index in [1.54, 1.807) is 6.92 Å². The number of aliphatic hydroxyl groups is 1. The van der Waals surface area contributed by atoms with Gasteiger partial charge in [0.25, 0.3) is 0 Å². The molecule has 92 valence electrons. The molecule has 2 rings (SSSR count). The van der Waals surface area contributed by atoms with Crippen LogP contribution < -0.4 is 0 Å².